The van der Waals surface area contributed by atoms with Crippen LogP contribution in [0, 0.1) is 5.82 Å². The average Bonchev–Trinajstić information content (AvgIpc) is 2.31. The molecular formula is C11H10ClFN2O4. The van der Waals surface area contributed by atoms with E-state index in [1.807, 2.05) is 5.32 Å². The Morgan fingerprint density at radius 1 is 1.26 bits per heavy atom. The summed E-state index contributed by atoms with van der Waals surface area (Å²) in [5.74, 6) is -2.50. The lowest BCUT2D eigenvalue weighted by atomic mass is 10.3. The van der Waals surface area contributed by atoms with Gasteiger partial charge >= 0.3 is 12.0 Å². The summed E-state index contributed by atoms with van der Waals surface area (Å²) in [5.41, 5.74) is 0.204. The molecule has 0 spiro atoms. The molecule has 3 N–H and O–H groups in total. The van der Waals surface area contributed by atoms with Gasteiger partial charge in [0.2, 0.25) is 5.91 Å². The molecule has 6 nitrogen and oxygen atoms in total. The van der Waals surface area contributed by atoms with E-state index in [4.69, 9.17) is 16.7 Å². The lowest BCUT2D eigenvalue weighted by Crippen LogP contribution is -2.34. The van der Waals surface area contributed by atoms with Crippen molar-refractivity contribution in [1.29, 1.82) is 0 Å². The molecule has 0 saturated carbocycles. The number of aliphatic carboxylic acids is 1. The number of halogens is 2. The molecule has 0 aliphatic rings. The van der Waals surface area contributed by atoms with Gasteiger partial charge in [0.25, 0.3) is 0 Å². The molecule has 0 bridgehead atoms. The van der Waals surface area contributed by atoms with E-state index in [9.17, 15) is 18.8 Å². The van der Waals surface area contributed by atoms with Gasteiger partial charge in [-0.1, -0.05) is 11.6 Å². The minimum absolute atomic E-state index is 0.171. The Kier molecular flexibility index (Phi) is 5.25. The quantitative estimate of drug-likeness (QED) is 0.789. The Labute approximate surface area is 112 Å². The number of rotatable bonds is 4. The highest BCUT2D eigenvalue weighted by Gasteiger charge is 2.10. The fourth-order valence-electron chi connectivity index (χ4n) is 1.15. The number of carboxylic acids is 1. The monoisotopic (exact) mass is 288 g/mol. The minimum Gasteiger partial charge on any atom is -0.481 e. The summed E-state index contributed by atoms with van der Waals surface area (Å²) in [4.78, 5) is 32.7. The van der Waals surface area contributed by atoms with Gasteiger partial charge in [-0.15, -0.1) is 0 Å². The molecule has 102 valence electrons. The van der Waals surface area contributed by atoms with Crippen molar-refractivity contribution in [3.8, 4) is 0 Å². The van der Waals surface area contributed by atoms with E-state index in [0.717, 1.165) is 6.07 Å². The molecule has 0 radical (unpaired) electrons. The van der Waals surface area contributed by atoms with Crippen LogP contribution in [0.1, 0.15) is 12.8 Å². The SMILES string of the molecule is O=C(O)CCC(=O)NC(=O)Nc1ccc(F)c(Cl)c1. The first kappa shape index (κ1) is 14.9. The number of nitrogens with one attached hydrogen (secondary N) is 2. The fraction of sp³-hybridized carbons (Fsp3) is 0.182. The number of carbonyl (C=O) groups is 3. The van der Waals surface area contributed by atoms with Crippen molar-refractivity contribution in [3.63, 3.8) is 0 Å². The minimum atomic E-state index is -1.14. The second-order valence-corrected chi connectivity index (χ2v) is 3.93. The molecule has 8 heteroatoms. The van der Waals surface area contributed by atoms with Crippen LogP contribution in [0.4, 0.5) is 14.9 Å². The van der Waals surface area contributed by atoms with Crippen LogP contribution in [-0.4, -0.2) is 23.0 Å². The first-order valence-corrected chi connectivity index (χ1v) is 5.54. The van der Waals surface area contributed by atoms with Gasteiger partial charge < -0.3 is 10.4 Å². The van der Waals surface area contributed by atoms with Crippen LogP contribution in [0.15, 0.2) is 18.2 Å². The molecule has 19 heavy (non-hydrogen) atoms. The maximum atomic E-state index is 12.9. The van der Waals surface area contributed by atoms with Gasteiger partial charge in [0.05, 0.1) is 11.4 Å². The van der Waals surface area contributed by atoms with Gasteiger partial charge in [-0.3, -0.25) is 14.9 Å². The summed E-state index contributed by atoms with van der Waals surface area (Å²) >= 11 is 5.51. The van der Waals surface area contributed by atoms with Crippen molar-refractivity contribution in [3.05, 3.63) is 29.0 Å². The molecule has 0 heterocycles. The van der Waals surface area contributed by atoms with Gasteiger partial charge in [0, 0.05) is 12.1 Å². The average molecular weight is 289 g/mol. The standard InChI is InChI=1S/C11H10ClFN2O4/c12-7-5-6(1-2-8(7)13)14-11(19)15-9(16)3-4-10(17)18/h1-2,5H,3-4H2,(H,17,18)(H2,14,15,16,19). The molecule has 0 aromatic heterocycles. The second-order valence-electron chi connectivity index (χ2n) is 3.52. The predicted molar refractivity (Wildman–Crippen MR) is 65.4 cm³/mol. The van der Waals surface area contributed by atoms with E-state index in [1.165, 1.54) is 12.1 Å². The zero-order valence-corrected chi connectivity index (χ0v) is 10.3. The molecular weight excluding hydrogens is 279 g/mol. The predicted octanol–water partition coefficient (Wildman–Crippen LogP) is 1.99. The highest BCUT2D eigenvalue weighted by Crippen LogP contribution is 2.19. The normalized spacial score (nSPS) is 9.79. The van der Waals surface area contributed by atoms with Gasteiger partial charge in [-0.2, -0.15) is 0 Å². The van der Waals surface area contributed by atoms with Crippen molar-refractivity contribution in [2.24, 2.45) is 0 Å². The number of hydrogen-bond donors (Lipinski definition) is 3. The Balaban J connectivity index is 2.48. The van der Waals surface area contributed by atoms with E-state index < -0.39 is 23.7 Å². The lowest BCUT2D eigenvalue weighted by molar-refractivity contribution is -0.138. The van der Waals surface area contributed by atoms with Crippen LogP contribution in [0.25, 0.3) is 0 Å². The molecule has 1 aromatic carbocycles. The Bertz CT molecular complexity index is 521. The summed E-state index contributed by atoms with van der Waals surface area (Å²) in [6, 6.07) is 2.66. The van der Waals surface area contributed by atoms with Crippen LogP contribution >= 0.6 is 11.6 Å². The Morgan fingerprint density at radius 2 is 1.95 bits per heavy atom. The molecule has 0 aliphatic carbocycles. The molecule has 0 saturated heterocycles. The van der Waals surface area contributed by atoms with Crippen molar-refractivity contribution in [2.75, 3.05) is 5.32 Å². The maximum absolute atomic E-state index is 12.9. The maximum Gasteiger partial charge on any atom is 0.325 e. The highest BCUT2D eigenvalue weighted by atomic mass is 35.5. The first-order chi connectivity index (χ1) is 8.88. The topological polar surface area (TPSA) is 95.5 Å². The summed E-state index contributed by atoms with van der Waals surface area (Å²) in [6.45, 7) is 0. The number of anilines is 1. The Morgan fingerprint density at radius 3 is 2.53 bits per heavy atom. The van der Waals surface area contributed by atoms with E-state index in [2.05, 4.69) is 5.32 Å². The van der Waals surface area contributed by atoms with Crippen LogP contribution in [-0.2, 0) is 9.59 Å². The zero-order chi connectivity index (χ0) is 14.4. The fourth-order valence-corrected chi connectivity index (χ4v) is 1.33. The van der Waals surface area contributed by atoms with Crippen LogP contribution < -0.4 is 10.6 Å². The van der Waals surface area contributed by atoms with Gasteiger partial charge in [0.1, 0.15) is 5.82 Å². The van der Waals surface area contributed by atoms with Crippen molar-refractivity contribution < 1.29 is 23.9 Å². The molecule has 1 rings (SSSR count). The summed E-state index contributed by atoms with van der Waals surface area (Å²) in [7, 11) is 0. The van der Waals surface area contributed by atoms with Crippen LogP contribution in [0.3, 0.4) is 0 Å². The number of hydrogen-bond acceptors (Lipinski definition) is 3. The molecule has 0 fully saturated rings. The molecule has 3 amide bonds. The Hall–Kier alpha value is -2.15. The van der Waals surface area contributed by atoms with E-state index in [-0.39, 0.29) is 23.6 Å². The van der Waals surface area contributed by atoms with Crippen LogP contribution in [0.5, 0.6) is 0 Å². The van der Waals surface area contributed by atoms with Crippen molar-refractivity contribution >= 4 is 35.2 Å². The van der Waals surface area contributed by atoms with Crippen molar-refractivity contribution in [1.82, 2.24) is 5.32 Å². The lowest BCUT2D eigenvalue weighted by Gasteiger charge is -2.06. The number of imide groups is 1. The number of carboxylic acid groups (broad SMARTS) is 1. The van der Waals surface area contributed by atoms with Crippen LogP contribution in [0.2, 0.25) is 5.02 Å². The third kappa shape index (κ3) is 5.35. The number of carbonyl (C=O) groups excluding carboxylic acids is 2. The molecule has 1 aromatic rings. The number of benzene rings is 1. The highest BCUT2D eigenvalue weighted by molar-refractivity contribution is 6.31. The second kappa shape index (κ2) is 6.69. The van der Waals surface area contributed by atoms with Crippen molar-refractivity contribution in [2.45, 2.75) is 12.8 Å². The smallest absolute Gasteiger partial charge is 0.325 e. The number of urea groups is 1. The van der Waals surface area contributed by atoms with Gasteiger partial charge in [-0.05, 0) is 18.2 Å². The van der Waals surface area contributed by atoms with Gasteiger partial charge in [0.15, 0.2) is 0 Å². The molecule has 0 unspecified atom stereocenters. The largest absolute Gasteiger partial charge is 0.481 e. The van der Waals surface area contributed by atoms with Gasteiger partial charge in [-0.25, -0.2) is 9.18 Å². The van der Waals surface area contributed by atoms with E-state index in [0.29, 0.717) is 0 Å². The first-order valence-electron chi connectivity index (χ1n) is 5.16. The molecule has 0 atom stereocenters. The van der Waals surface area contributed by atoms with E-state index >= 15 is 0 Å². The van der Waals surface area contributed by atoms with E-state index in [1.54, 1.807) is 0 Å². The third-order valence-corrected chi connectivity index (χ3v) is 2.29. The zero-order valence-electron chi connectivity index (χ0n) is 9.57. The molecule has 0 aliphatic heterocycles. The summed E-state index contributed by atoms with van der Waals surface area (Å²) in [6.07, 6.45) is -0.686. The third-order valence-electron chi connectivity index (χ3n) is 2.00. The number of amides is 3. The summed E-state index contributed by atoms with van der Waals surface area (Å²) in [5, 5.41) is 12.4. The summed E-state index contributed by atoms with van der Waals surface area (Å²) < 4.78 is 12.9.